The Morgan fingerprint density at radius 3 is 2.11 bits per heavy atom. The SMILES string of the molecule is Cc1ccc(S(=O)(=O)Nc2cc(F)ccc2N=Nc2ccc(F)cc2)cc1. The van der Waals surface area contributed by atoms with Crippen LogP contribution in [0.3, 0.4) is 0 Å². The Labute approximate surface area is 155 Å². The highest BCUT2D eigenvalue weighted by Gasteiger charge is 2.16. The van der Waals surface area contributed by atoms with Gasteiger partial charge < -0.3 is 0 Å². The highest BCUT2D eigenvalue weighted by molar-refractivity contribution is 7.92. The number of hydrogen-bond acceptors (Lipinski definition) is 4. The first-order chi connectivity index (χ1) is 12.8. The number of aryl methyl sites for hydroxylation is 1. The van der Waals surface area contributed by atoms with Gasteiger partial charge in [-0.25, -0.2) is 17.2 Å². The molecule has 0 aromatic heterocycles. The van der Waals surface area contributed by atoms with Crippen molar-refractivity contribution in [2.75, 3.05) is 4.72 Å². The summed E-state index contributed by atoms with van der Waals surface area (Å²) in [5, 5.41) is 7.87. The van der Waals surface area contributed by atoms with E-state index in [4.69, 9.17) is 0 Å². The van der Waals surface area contributed by atoms with Gasteiger partial charge in [0.1, 0.15) is 17.3 Å². The summed E-state index contributed by atoms with van der Waals surface area (Å²) >= 11 is 0. The van der Waals surface area contributed by atoms with Crippen LogP contribution in [-0.2, 0) is 10.0 Å². The Hall–Kier alpha value is -3.13. The molecule has 0 radical (unpaired) electrons. The number of halogens is 2. The summed E-state index contributed by atoms with van der Waals surface area (Å²) in [5.74, 6) is -1.04. The van der Waals surface area contributed by atoms with Gasteiger partial charge in [-0.05, 0) is 55.5 Å². The fraction of sp³-hybridized carbons (Fsp3) is 0.0526. The Morgan fingerprint density at radius 2 is 1.44 bits per heavy atom. The first-order valence-electron chi connectivity index (χ1n) is 7.90. The van der Waals surface area contributed by atoms with E-state index in [0.29, 0.717) is 5.69 Å². The summed E-state index contributed by atoms with van der Waals surface area (Å²) in [4.78, 5) is 0.0405. The molecule has 0 spiro atoms. The molecular weight excluding hydrogens is 372 g/mol. The predicted molar refractivity (Wildman–Crippen MR) is 99.0 cm³/mol. The van der Waals surface area contributed by atoms with Crippen molar-refractivity contribution in [2.45, 2.75) is 11.8 Å². The van der Waals surface area contributed by atoms with E-state index in [9.17, 15) is 17.2 Å². The molecule has 3 aromatic carbocycles. The molecule has 0 saturated carbocycles. The lowest BCUT2D eigenvalue weighted by molar-refractivity contribution is 0.601. The zero-order valence-corrected chi connectivity index (χ0v) is 15.0. The lowest BCUT2D eigenvalue weighted by Crippen LogP contribution is -2.13. The molecule has 5 nitrogen and oxygen atoms in total. The standard InChI is InChI=1S/C19H15F2N3O2S/c1-13-2-9-17(10-3-13)27(25,26)24-19-12-15(21)6-11-18(19)23-22-16-7-4-14(20)5-8-16/h2-12,24H,1H3. The Balaban J connectivity index is 1.92. The molecule has 0 heterocycles. The van der Waals surface area contributed by atoms with E-state index in [0.717, 1.165) is 17.7 Å². The van der Waals surface area contributed by atoms with E-state index >= 15 is 0 Å². The van der Waals surface area contributed by atoms with Crippen LogP contribution < -0.4 is 4.72 Å². The number of hydrogen-bond donors (Lipinski definition) is 1. The fourth-order valence-corrected chi connectivity index (χ4v) is 3.28. The summed E-state index contributed by atoms with van der Waals surface area (Å²) in [7, 11) is -3.93. The third kappa shape index (κ3) is 4.73. The number of benzene rings is 3. The molecule has 0 unspecified atom stereocenters. The van der Waals surface area contributed by atoms with Crippen molar-refractivity contribution in [3.8, 4) is 0 Å². The maximum Gasteiger partial charge on any atom is 0.261 e. The summed E-state index contributed by atoms with van der Waals surface area (Å²) in [6, 6.07) is 15.0. The highest BCUT2D eigenvalue weighted by Crippen LogP contribution is 2.30. The molecule has 0 aliphatic heterocycles. The lowest BCUT2D eigenvalue weighted by atomic mass is 10.2. The van der Waals surface area contributed by atoms with Gasteiger partial charge in [0.15, 0.2) is 0 Å². The monoisotopic (exact) mass is 387 g/mol. The van der Waals surface area contributed by atoms with Crippen molar-refractivity contribution >= 4 is 27.1 Å². The van der Waals surface area contributed by atoms with E-state index in [1.54, 1.807) is 12.1 Å². The first-order valence-corrected chi connectivity index (χ1v) is 9.38. The van der Waals surface area contributed by atoms with Crippen molar-refractivity contribution in [3.05, 3.63) is 83.9 Å². The maximum absolute atomic E-state index is 13.6. The van der Waals surface area contributed by atoms with E-state index in [2.05, 4.69) is 15.0 Å². The van der Waals surface area contributed by atoms with Crippen LogP contribution in [-0.4, -0.2) is 8.42 Å². The number of sulfonamides is 1. The number of nitrogens with zero attached hydrogens (tertiary/aromatic N) is 2. The van der Waals surface area contributed by atoms with Gasteiger partial charge in [-0.15, -0.1) is 5.11 Å². The van der Waals surface area contributed by atoms with E-state index in [-0.39, 0.29) is 16.3 Å². The zero-order valence-electron chi connectivity index (χ0n) is 14.2. The average molecular weight is 387 g/mol. The molecule has 138 valence electrons. The van der Waals surface area contributed by atoms with Gasteiger partial charge in [0, 0.05) is 6.07 Å². The van der Waals surface area contributed by atoms with Gasteiger partial charge in [0.25, 0.3) is 10.0 Å². The molecule has 27 heavy (non-hydrogen) atoms. The normalized spacial score (nSPS) is 11.7. The van der Waals surface area contributed by atoms with Crippen LogP contribution in [0.15, 0.2) is 81.9 Å². The summed E-state index contributed by atoms with van der Waals surface area (Å²) in [6.45, 7) is 1.84. The Kier molecular flexibility index (Phi) is 5.27. The van der Waals surface area contributed by atoms with Gasteiger partial charge in [-0.3, -0.25) is 4.72 Å². The number of azo groups is 1. The van der Waals surface area contributed by atoms with E-state index in [1.165, 1.54) is 42.5 Å². The van der Waals surface area contributed by atoms with Crippen molar-refractivity contribution in [1.29, 1.82) is 0 Å². The number of rotatable bonds is 5. The lowest BCUT2D eigenvalue weighted by Gasteiger charge is -2.10. The maximum atomic E-state index is 13.6. The van der Waals surface area contributed by atoms with Crippen molar-refractivity contribution in [3.63, 3.8) is 0 Å². The Morgan fingerprint density at radius 1 is 0.815 bits per heavy atom. The van der Waals surface area contributed by atoms with Crippen LogP contribution in [0.5, 0.6) is 0 Å². The largest absolute Gasteiger partial charge is 0.277 e. The third-order valence-electron chi connectivity index (χ3n) is 3.63. The minimum Gasteiger partial charge on any atom is -0.277 e. The van der Waals surface area contributed by atoms with Gasteiger partial charge in [0.2, 0.25) is 0 Å². The molecule has 0 saturated heterocycles. The molecule has 3 rings (SSSR count). The summed E-state index contributed by atoms with van der Waals surface area (Å²) < 4.78 is 54.0. The number of anilines is 1. The van der Waals surface area contributed by atoms with Gasteiger partial charge >= 0.3 is 0 Å². The summed E-state index contributed by atoms with van der Waals surface area (Å²) in [5.41, 5.74) is 1.35. The smallest absolute Gasteiger partial charge is 0.261 e. The van der Waals surface area contributed by atoms with Gasteiger partial charge in [-0.1, -0.05) is 17.7 Å². The predicted octanol–water partition coefficient (Wildman–Crippen LogP) is 5.49. The highest BCUT2D eigenvalue weighted by atomic mass is 32.2. The second-order valence-corrected chi connectivity index (χ2v) is 7.44. The van der Waals surface area contributed by atoms with E-state index in [1.807, 2.05) is 6.92 Å². The molecule has 0 aliphatic carbocycles. The van der Waals surface area contributed by atoms with Crippen LogP contribution in [0.4, 0.5) is 25.8 Å². The second kappa shape index (κ2) is 7.63. The molecule has 0 fully saturated rings. The third-order valence-corrected chi connectivity index (χ3v) is 5.02. The number of nitrogens with one attached hydrogen (secondary N) is 1. The molecule has 0 atom stereocenters. The van der Waals surface area contributed by atoms with Crippen molar-refractivity contribution in [1.82, 2.24) is 0 Å². The molecule has 1 N–H and O–H groups in total. The van der Waals surface area contributed by atoms with Gasteiger partial charge in [-0.2, -0.15) is 5.11 Å². The molecule has 0 amide bonds. The van der Waals surface area contributed by atoms with Crippen LogP contribution in [0.2, 0.25) is 0 Å². The molecular formula is C19H15F2N3O2S. The average Bonchev–Trinajstić information content (AvgIpc) is 2.62. The summed E-state index contributed by atoms with van der Waals surface area (Å²) in [6.07, 6.45) is 0. The zero-order chi connectivity index (χ0) is 19.4. The van der Waals surface area contributed by atoms with Gasteiger partial charge in [0.05, 0.1) is 16.3 Å². The quantitative estimate of drug-likeness (QED) is 0.588. The van der Waals surface area contributed by atoms with Crippen LogP contribution in [0.25, 0.3) is 0 Å². The van der Waals surface area contributed by atoms with Crippen LogP contribution in [0.1, 0.15) is 5.56 Å². The van der Waals surface area contributed by atoms with Crippen LogP contribution >= 0.6 is 0 Å². The minimum atomic E-state index is -3.93. The molecule has 0 aliphatic rings. The Bertz CT molecular complexity index is 1080. The van der Waals surface area contributed by atoms with Crippen molar-refractivity contribution < 1.29 is 17.2 Å². The fourth-order valence-electron chi connectivity index (χ4n) is 2.22. The molecule has 3 aromatic rings. The van der Waals surface area contributed by atoms with E-state index < -0.39 is 21.7 Å². The van der Waals surface area contributed by atoms with Crippen molar-refractivity contribution in [2.24, 2.45) is 10.2 Å². The topological polar surface area (TPSA) is 70.9 Å². The molecule has 8 heteroatoms. The minimum absolute atomic E-state index is 0.0405. The second-order valence-electron chi connectivity index (χ2n) is 5.76. The molecule has 0 bridgehead atoms. The van der Waals surface area contributed by atoms with Crippen LogP contribution in [0, 0.1) is 18.6 Å². The first kappa shape index (κ1) is 18.7.